The number of rotatable bonds is 8. The smallest absolute Gasteiger partial charge is 0.373 e. The van der Waals surface area contributed by atoms with Crippen molar-refractivity contribution < 1.29 is 33.0 Å². The Morgan fingerprint density at radius 1 is 1.17 bits per heavy atom. The van der Waals surface area contributed by atoms with Crippen molar-refractivity contribution >= 4 is 62.5 Å². The summed E-state index contributed by atoms with van der Waals surface area (Å²) in [5.41, 5.74) is 1.45. The van der Waals surface area contributed by atoms with Gasteiger partial charge < -0.3 is 18.6 Å². The summed E-state index contributed by atoms with van der Waals surface area (Å²) in [5, 5.41) is 0.143. The van der Waals surface area contributed by atoms with Crippen molar-refractivity contribution in [2.45, 2.75) is 13.2 Å². The van der Waals surface area contributed by atoms with Gasteiger partial charge in [0.1, 0.15) is 12.4 Å². The average molecular weight is 593 g/mol. The van der Waals surface area contributed by atoms with Crippen LogP contribution in [0.2, 0.25) is 5.02 Å². The van der Waals surface area contributed by atoms with Crippen molar-refractivity contribution in [1.82, 2.24) is 4.90 Å². The number of methoxy groups -OCH3 is 2. The summed E-state index contributed by atoms with van der Waals surface area (Å²) in [5.74, 6) is 0.0613. The molecule has 1 saturated heterocycles. The molecule has 2 amide bonds. The minimum absolute atomic E-state index is 0.0104. The van der Waals surface area contributed by atoms with E-state index in [0.29, 0.717) is 26.6 Å². The van der Waals surface area contributed by atoms with Crippen LogP contribution in [0.4, 0.5) is 4.79 Å². The van der Waals surface area contributed by atoms with Crippen LogP contribution in [0.5, 0.6) is 11.5 Å². The molecule has 0 saturated carbocycles. The molecule has 1 aliphatic rings. The van der Waals surface area contributed by atoms with Crippen LogP contribution in [0, 0.1) is 0 Å². The van der Waals surface area contributed by atoms with E-state index < -0.39 is 17.1 Å². The number of hydrogen-bond acceptors (Lipinski definition) is 8. The molecule has 1 aromatic heterocycles. The molecule has 8 nitrogen and oxygen atoms in total. The number of carbonyl (C=O) groups is 3. The van der Waals surface area contributed by atoms with Gasteiger partial charge in [-0.1, -0.05) is 29.8 Å². The van der Waals surface area contributed by atoms with E-state index in [1.807, 2.05) is 18.2 Å². The number of amides is 2. The minimum atomic E-state index is -0.644. The SMILES string of the molecule is COC(=O)c1ccc(CN2C(=O)S/C(=C\c3cc(Br)c(OCc4ccccc4Cl)c(OC)c3)C2=O)o1. The number of esters is 1. The Morgan fingerprint density at radius 3 is 2.67 bits per heavy atom. The lowest BCUT2D eigenvalue weighted by Gasteiger charge is -2.14. The van der Waals surface area contributed by atoms with Crippen LogP contribution in [0.1, 0.15) is 27.4 Å². The van der Waals surface area contributed by atoms with Crippen molar-refractivity contribution in [2.75, 3.05) is 14.2 Å². The number of halogens is 2. The summed E-state index contributed by atoms with van der Waals surface area (Å²) >= 11 is 10.5. The molecule has 0 bridgehead atoms. The molecule has 0 aliphatic carbocycles. The van der Waals surface area contributed by atoms with Gasteiger partial charge in [-0.2, -0.15) is 0 Å². The zero-order valence-electron chi connectivity index (χ0n) is 19.1. The van der Waals surface area contributed by atoms with Gasteiger partial charge in [0.25, 0.3) is 11.1 Å². The van der Waals surface area contributed by atoms with Crippen molar-refractivity contribution in [1.29, 1.82) is 0 Å². The predicted molar refractivity (Wildman–Crippen MR) is 138 cm³/mol. The van der Waals surface area contributed by atoms with Crippen LogP contribution >= 0.6 is 39.3 Å². The van der Waals surface area contributed by atoms with Gasteiger partial charge in [0.05, 0.1) is 30.1 Å². The summed E-state index contributed by atoms with van der Waals surface area (Å²) < 4.78 is 22.0. The third kappa shape index (κ3) is 5.61. The highest BCUT2D eigenvalue weighted by Crippen LogP contribution is 2.40. The molecular formula is C25H19BrClNO7S. The molecule has 0 N–H and O–H groups in total. The summed E-state index contributed by atoms with van der Waals surface area (Å²) in [6.07, 6.45) is 1.60. The van der Waals surface area contributed by atoms with Crippen LogP contribution in [-0.2, 0) is 22.7 Å². The van der Waals surface area contributed by atoms with Crippen LogP contribution in [-0.4, -0.2) is 36.2 Å². The summed E-state index contributed by atoms with van der Waals surface area (Å²) in [6.45, 7) is 0.123. The van der Waals surface area contributed by atoms with E-state index >= 15 is 0 Å². The third-order valence-corrected chi connectivity index (χ3v) is 6.98. The predicted octanol–water partition coefficient (Wildman–Crippen LogP) is 6.31. The fourth-order valence-corrected chi connectivity index (χ4v) is 4.95. The first-order valence-corrected chi connectivity index (χ1v) is 12.5. The van der Waals surface area contributed by atoms with E-state index in [-0.39, 0.29) is 29.6 Å². The average Bonchev–Trinajstić information content (AvgIpc) is 3.44. The Kier molecular flexibility index (Phi) is 8.07. The summed E-state index contributed by atoms with van der Waals surface area (Å²) in [6, 6.07) is 13.8. The van der Waals surface area contributed by atoms with E-state index in [9.17, 15) is 14.4 Å². The standard InChI is InChI=1S/C25H19BrClNO7S/c1-32-20-10-14(9-17(26)22(20)34-13-15-5-3-4-6-18(15)27)11-21-23(29)28(25(31)36-21)12-16-7-8-19(35-16)24(30)33-2/h3-11H,12-13H2,1-2H3/b21-11-. The number of ether oxygens (including phenoxy) is 3. The lowest BCUT2D eigenvalue weighted by molar-refractivity contribution is -0.123. The quantitative estimate of drug-likeness (QED) is 0.222. The van der Waals surface area contributed by atoms with Crippen molar-refractivity contribution in [3.05, 3.63) is 85.6 Å². The molecular weight excluding hydrogens is 574 g/mol. The Morgan fingerprint density at radius 2 is 1.94 bits per heavy atom. The van der Waals surface area contributed by atoms with E-state index in [4.69, 9.17) is 25.5 Å². The Bertz CT molecular complexity index is 1370. The maximum atomic E-state index is 12.9. The topological polar surface area (TPSA) is 95.3 Å². The highest BCUT2D eigenvalue weighted by molar-refractivity contribution is 9.10. The number of thioether (sulfide) groups is 1. The first-order valence-electron chi connectivity index (χ1n) is 10.5. The van der Waals surface area contributed by atoms with Gasteiger partial charge >= 0.3 is 5.97 Å². The number of nitrogens with zero attached hydrogens (tertiary/aromatic N) is 1. The van der Waals surface area contributed by atoms with Gasteiger partial charge in [0.2, 0.25) is 5.76 Å². The Balaban J connectivity index is 1.51. The van der Waals surface area contributed by atoms with E-state index in [1.54, 1.807) is 24.3 Å². The monoisotopic (exact) mass is 591 g/mol. The molecule has 36 heavy (non-hydrogen) atoms. The number of carbonyl (C=O) groups excluding carboxylic acids is 3. The first kappa shape index (κ1) is 25.9. The van der Waals surface area contributed by atoms with Crippen LogP contribution < -0.4 is 9.47 Å². The van der Waals surface area contributed by atoms with Crippen LogP contribution in [0.25, 0.3) is 6.08 Å². The van der Waals surface area contributed by atoms with Crippen LogP contribution in [0.15, 0.2) is 62.3 Å². The van der Waals surface area contributed by atoms with Gasteiger partial charge in [-0.05, 0) is 69.7 Å². The van der Waals surface area contributed by atoms with Crippen molar-refractivity contribution in [2.24, 2.45) is 0 Å². The highest BCUT2D eigenvalue weighted by atomic mass is 79.9. The zero-order chi connectivity index (χ0) is 25.8. The zero-order valence-corrected chi connectivity index (χ0v) is 22.2. The lowest BCUT2D eigenvalue weighted by Crippen LogP contribution is -2.27. The maximum absolute atomic E-state index is 12.9. The van der Waals surface area contributed by atoms with Gasteiger partial charge in [0, 0.05) is 10.6 Å². The molecule has 4 rings (SSSR count). The summed E-state index contributed by atoms with van der Waals surface area (Å²) in [7, 11) is 2.74. The first-order chi connectivity index (χ1) is 17.3. The number of hydrogen-bond donors (Lipinski definition) is 0. The second kappa shape index (κ2) is 11.2. The number of benzene rings is 2. The molecule has 0 radical (unpaired) electrons. The molecule has 2 heterocycles. The number of imide groups is 1. The second-order valence-corrected chi connectivity index (χ2v) is 9.69. The minimum Gasteiger partial charge on any atom is -0.493 e. The van der Waals surface area contributed by atoms with Gasteiger partial charge in [-0.25, -0.2) is 4.79 Å². The van der Waals surface area contributed by atoms with Crippen LogP contribution in [0.3, 0.4) is 0 Å². The Hall–Kier alpha value is -3.21. The molecule has 0 unspecified atom stereocenters. The molecule has 1 fully saturated rings. The van der Waals surface area contributed by atoms with E-state index in [2.05, 4.69) is 20.7 Å². The fraction of sp³-hybridized carbons (Fsp3) is 0.160. The second-order valence-electron chi connectivity index (χ2n) is 7.44. The third-order valence-electron chi connectivity index (χ3n) is 5.12. The van der Waals surface area contributed by atoms with Gasteiger partial charge in [-0.15, -0.1) is 0 Å². The molecule has 0 spiro atoms. The normalized spacial score (nSPS) is 14.4. The molecule has 2 aromatic carbocycles. The molecule has 0 atom stereocenters. The molecule has 3 aromatic rings. The van der Waals surface area contributed by atoms with Gasteiger partial charge in [-0.3, -0.25) is 14.5 Å². The van der Waals surface area contributed by atoms with E-state index in [0.717, 1.165) is 22.2 Å². The Labute approximate surface area is 224 Å². The largest absolute Gasteiger partial charge is 0.493 e. The maximum Gasteiger partial charge on any atom is 0.373 e. The molecule has 11 heteroatoms. The molecule has 1 aliphatic heterocycles. The van der Waals surface area contributed by atoms with Crippen molar-refractivity contribution in [3.8, 4) is 11.5 Å². The number of furan rings is 1. The van der Waals surface area contributed by atoms with Gasteiger partial charge in [0.15, 0.2) is 11.5 Å². The highest BCUT2D eigenvalue weighted by Gasteiger charge is 2.36. The molecule has 186 valence electrons. The lowest BCUT2D eigenvalue weighted by atomic mass is 10.1. The van der Waals surface area contributed by atoms with E-state index in [1.165, 1.54) is 26.4 Å². The summed E-state index contributed by atoms with van der Waals surface area (Å²) in [4.78, 5) is 38.3. The fourth-order valence-electron chi connectivity index (χ4n) is 3.35. The van der Waals surface area contributed by atoms with Crippen molar-refractivity contribution in [3.63, 3.8) is 0 Å².